The summed E-state index contributed by atoms with van der Waals surface area (Å²) in [6.07, 6.45) is 1.69. The first kappa shape index (κ1) is 30.8. The Hall–Kier alpha value is -3.69. The second-order valence-corrected chi connectivity index (χ2v) is 11.1. The Bertz CT molecular complexity index is 1160. The van der Waals surface area contributed by atoms with E-state index in [1.54, 1.807) is 37.0 Å². The second kappa shape index (κ2) is 14.1. The zero-order valence-electron chi connectivity index (χ0n) is 24.1. The fraction of sp³-hybridized carbons (Fsp3) is 0.452. The summed E-state index contributed by atoms with van der Waals surface area (Å²) < 4.78 is 6.31. The number of benzene rings is 2. The summed E-state index contributed by atoms with van der Waals surface area (Å²) in [6.45, 7) is 7.32. The lowest BCUT2D eigenvalue weighted by Gasteiger charge is -2.34. The van der Waals surface area contributed by atoms with Crippen LogP contribution in [0, 0.1) is 11.8 Å². The number of nitrogens with zero attached hydrogens (tertiary/aromatic N) is 1. The summed E-state index contributed by atoms with van der Waals surface area (Å²) in [4.78, 5) is 42.5. The molecular formula is C31H42N4O5. The van der Waals surface area contributed by atoms with Gasteiger partial charge in [-0.2, -0.15) is 0 Å². The first-order chi connectivity index (χ1) is 19.0. The minimum atomic E-state index is -1.25. The van der Waals surface area contributed by atoms with Gasteiger partial charge in [0.25, 0.3) is 0 Å². The molecule has 5 atom stereocenters. The van der Waals surface area contributed by atoms with Gasteiger partial charge in [0.05, 0.1) is 12.1 Å². The Balaban J connectivity index is 2.01. The number of ether oxygens (including phenoxy) is 1. The molecule has 0 radical (unpaired) electrons. The third-order valence-electron chi connectivity index (χ3n) is 7.02. The summed E-state index contributed by atoms with van der Waals surface area (Å²) in [5, 5.41) is 19.2. The lowest BCUT2D eigenvalue weighted by atomic mass is 9.95. The maximum atomic E-state index is 13.9. The maximum Gasteiger partial charge on any atom is 0.249 e. The first-order valence-electron chi connectivity index (χ1n) is 13.7. The molecule has 4 rings (SSSR count). The van der Waals surface area contributed by atoms with Crippen molar-refractivity contribution in [1.29, 1.82) is 0 Å². The Morgan fingerprint density at radius 2 is 1.65 bits per heavy atom. The zero-order valence-corrected chi connectivity index (χ0v) is 24.1. The number of carbonyl (C=O) groups excluding carboxylic acids is 3. The molecule has 216 valence electrons. The molecular weight excluding hydrogens is 508 g/mol. The van der Waals surface area contributed by atoms with Crippen molar-refractivity contribution in [2.45, 2.75) is 64.4 Å². The Labute approximate surface area is 237 Å². The third kappa shape index (κ3) is 8.16. The van der Waals surface area contributed by atoms with E-state index in [0.29, 0.717) is 12.2 Å². The molecule has 0 aliphatic carbocycles. The van der Waals surface area contributed by atoms with Crippen molar-refractivity contribution in [3.8, 4) is 5.75 Å². The molecule has 0 saturated heterocycles. The highest BCUT2D eigenvalue weighted by Crippen LogP contribution is 2.21. The van der Waals surface area contributed by atoms with E-state index in [4.69, 9.17) is 4.74 Å². The minimum Gasteiger partial charge on any atom is -0.487 e. The number of aliphatic hydroxyl groups excluding tert-OH is 1. The molecule has 0 fully saturated rings. The average molecular weight is 551 g/mol. The summed E-state index contributed by atoms with van der Waals surface area (Å²) in [7, 11) is 3.62. The van der Waals surface area contributed by atoms with Crippen LogP contribution in [0.15, 0.2) is 60.8 Å². The molecule has 4 N–H and O–H groups in total. The summed E-state index contributed by atoms with van der Waals surface area (Å²) >= 11 is 0. The predicted octanol–water partition coefficient (Wildman–Crippen LogP) is 2.35. The van der Waals surface area contributed by atoms with Crippen LogP contribution in [0.25, 0.3) is 6.08 Å². The van der Waals surface area contributed by atoms with Crippen LogP contribution in [0.1, 0.15) is 38.8 Å². The fourth-order valence-corrected chi connectivity index (χ4v) is 4.54. The zero-order chi connectivity index (χ0) is 29.4. The smallest absolute Gasteiger partial charge is 0.249 e. The van der Waals surface area contributed by atoms with Crippen LogP contribution in [0.2, 0.25) is 0 Å². The summed E-state index contributed by atoms with van der Waals surface area (Å²) in [6, 6.07) is 13.9. The molecule has 3 amide bonds. The molecule has 2 aromatic rings. The number of hydrogen-bond donors (Lipinski definition) is 4. The Kier molecular flexibility index (Phi) is 10.9. The van der Waals surface area contributed by atoms with Crippen LogP contribution in [0.4, 0.5) is 0 Å². The van der Waals surface area contributed by atoms with Gasteiger partial charge in [-0.25, -0.2) is 0 Å². The van der Waals surface area contributed by atoms with E-state index in [1.807, 2.05) is 70.4 Å². The van der Waals surface area contributed by atoms with Crippen LogP contribution in [-0.4, -0.2) is 72.2 Å². The van der Waals surface area contributed by atoms with Gasteiger partial charge in [-0.15, -0.1) is 0 Å². The van der Waals surface area contributed by atoms with Crippen LogP contribution in [-0.2, 0) is 20.8 Å². The lowest BCUT2D eigenvalue weighted by molar-refractivity contribution is -0.137. The second-order valence-electron chi connectivity index (χ2n) is 11.1. The van der Waals surface area contributed by atoms with Crippen molar-refractivity contribution < 1.29 is 24.2 Å². The SMILES string of the molecule is CC(C)C(O)C1NC(=O)C(NC(=O)C(Cc2ccccc2)N(C)C)C(C(C)C)Oc2ccc(cc2)/C=C\NC1=O. The van der Waals surface area contributed by atoms with Crippen molar-refractivity contribution in [1.82, 2.24) is 20.9 Å². The average Bonchev–Trinajstić information content (AvgIpc) is 2.92. The van der Waals surface area contributed by atoms with Crippen molar-refractivity contribution in [2.24, 2.45) is 11.8 Å². The van der Waals surface area contributed by atoms with Crippen molar-refractivity contribution in [3.05, 3.63) is 71.9 Å². The Morgan fingerprint density at radius 3 is 2.23 bits per heavy atom. The van der Waals surface area contributed by atoms with Crippen LogP contribution >= 0.6 is 0 Å². The topological polar surface area (TPSA) is 120 Å². The number of amides is 3. The van der Waals surface area contributed by atoms with E-state index in [9.17, 15) is 19.5 Å². The van der Waals surface area contributed by atoms with Gasteiger partial charge in [0.15, 0.2) is 0 Å². The highest BCUT2D eigenvalue weighted by Gasteiger charge is 2.39. The van der Waals surface area contributed by atoms with Gasteiger partial charge in [-0.3, -0.25) is 19.3 Å². The van der Waals surface area contributed by atoms with Crippen LogP contribution in [0.5, 0.6) is 5.75 Å². The summed E-state index contributed by atoms with van der Waals surface area (Å²) in [5.74, 6) is -1.52. The monoisotopic (exact) mass is 550 g/mol. The van der Waals surface area contributed by atoms with Gasteiger partial charge in [0, 0.05) is 6.20 Å². The van der Waals surface area contributed by atoms with Crippen molar-refractivity contribution in [2.75, 3.05) is 14.1 Å². The van der Waals surface area contributed by atoms with Gasteiger partial charge in [-0.05, 0) is 61.7 Å². The minimum absolute atomic E-state index is 0.197. The van der Waals surface area contributed by atoms with Crippen molar-refractivity contribution >= 4 is 23.8 Å². The number of fused-ring (bicyclic) bond motifs is 10. The normalized spacial score (nSPS) is 22.2. The molecule has 2 bridgehead atoms. The fourth-order valence-electron chi connectivity index (χ4n) is 4.54. The maximum absolute atomic E-state index is 13.9. The standard InChI is InChI=1S/C31H42N4O5/c1-19(2)27(36)25-30(38)32-17-16-21-12-14-23(15-13-21)40-28(20(3)4)26(31(39)33-25)34-29(37)24(35(5)6)18-22-10-8-7-9-11-22/h7-17,19-20,24-28,36H,18H2,1-6H3,(H,32,38)(H,33,39)(H,34,37)/b17-16-. The molecule has 2 aliphatic rings. The predicted molar refractivity (Wildman–Crippen MR) is 155 cm³/mol. The van der Waals surface area contributed by atoms with E-state index in [1.165, 1.54) is 6.20 Å². The molecule has 40 heavy (non-hydrogen) atoms. The van der Waals surface area contributed by atoms with E-state index in [2.05, 4.69) is 16.0 Å². The number of rotatable bonds is 8. The number of likely N-dealkylation sites (N-methyl/N-ethyl adjacent to an activating group) is 1. The van der Waals surface area contributed by atoms with Gasteiger partial charge in [0.1, 0.15) is 23.9 Å². The Morgan fingerprint density at radius 1 is 1.00 bits per heavy atom. The van der Waals surface area contributed by atoms with Gasteiger partial charge >= 0.3 is 0 Å². The molecule has 0 spiro atoms. The van der Waals surface area contributed by atoms with Crippen LogP contribution in [0.3, 0.4) is 0 Å². The molecule has 9 nitrogen and oxygen atoms in total. The number of aliphatic hydroxyl groups is 1. The van der Waals surface area contributed by atoms with Gasteiger partial charge < -0.3 is 25.8 Å². The molecule has 2 heterocycles. The third-order valence-corrected chi connectivity index (χ3v) is 7.02. The molecule has 2 aliphatic heterocycles. The van der Waals surface area contributed by atoms with Gasteiger partial charge in [0.2, 0.25) is 17.7 Å². The number of nitrogens with one attached hydrogen (secondary N) is 3. The number of hydrogen-bond acceptors (Lipinski definition) is 6. The largest absolute Gasteiger partial charge is 0.487 e. The first-order valence-corrected chi connectivity index (χ1v) is 13.7. The van der Waals surface area contributed by atoms with Crippen LogP contribution < -0.4 is 20.7 Å². The number of carbonyl (C=O) groups is 3. The molecule has 2 aromatic carbocycles. The van der Waals surface area contributed by atoms with E-state index in [-0.39, 0.29) is 17.7 Å². The van der Waals surface area contributed by atoms with Crippen molar-refractivity contribution in [3.63, 3.8) is 0 Å². The summed E-state index contributed by atoms with van der Waals surface area (Å²) in [5.41, 5.74) is 1.81. The van der Waals surface area contributed by atoms with E-state index < -0.39 is 42.1 Å². The highest BCUT2D eigenvalue weighted by atomic mass is 16.5. The molecule has 0 aromatic heterocycles. The highest BCUT2D eigenvalue weighted by molar-refractivity contribution is 5.94. The quantitative estimate of drug-likeness (QED) is 0.401. The molecule has 9 heteroatoms. The molecule has 5 unspecified atom stereocenters. The van der Waals surface area contributed by atoms with E-state index >= 15 is 0 Å². The molecule has 0 saturated carbocycles. The van der Waals surface area contributed by atoms with E-state index in [0.717, 1.165) is 11.1 Å². The lowest BCUT2D eigenvalue weighted by Crippen LogP contribution is -2.63. The van der Waals surface area contributed by atoms with Gasteiger partial charge in [-0.1, -0.05) is 70.2 Å².